The summed E-state index contributed by atoms with van der Waals surface area (Å²) in [6.07, 6.45) is 5.06. The topological polar surface area (TPSA) is 49.4 Å². The minimum absolute atomic E-state index is 0.0897. The largest absolute Gasteiger partial charge is 0.353 e. The Labute approximate surface area is 142 Å². The zero-order valence-electron chi connectivity index (χ0n) is 13.3. The summed E-state index contributed by atoms with van der Waals surface area (Å²) in [4.78, 5) is 26.0. The molecule has 1 heterocycles. The van der Waals surface area contributed by atoms with Crippen LogP contribution in [0.25, 0.3) is 0 Å². The maximum atomic E-state index is 12.1. The third-order valence-corrected chi connectivity index (χ3v) is 4.90. The van der Waals surface area contributed by atoms with Crippen molar-refractivity contribution >= 4 is 23.4 Å². The van der Waals surface area contributed by atoms with Gasteiger partial charge in [0.1, 0.15) is 0 Å². The third-order valence-electron chi connectivity index (χ3n) is 4.65. The lowest BCUT2D eigenvalue weighted by atomic mass is 10.0. The van der Waals surface area contributed by atoms with Gasteiger partial charge in [-0.1, -0.05) is 23.7 Å². The van der Waals surface area contributed by atoms with Crippen molar-refractivity contribution in [3.63, 3.8) is 0 Å². The number of piperidine rings is 1. The first-order valence-electron chi connectivity index (χ1n) is 8.44. The molecule has 1 saturated heterocycles. The van der Waals surface area contributed by atoms with Crippen molar-refractivity contribution in [2.45, 2.75) is 44.6 Å². The molecule has 1 aliphatic carbocycles. The molecule has 1 aliphatic heterocycles. The molecule has 0 aromatic heterocycles. The van der Waals surface area contributed by atoms with E-state index in [0.29, 0.717) is 23.3 Å². The van der Waals surface area contributed by atoms with Crippen LogP contribution >= 0.6 is 11.6 Å². The SMILES string of the molecule is O=C(CCc1ccc(Cl)cc1)NC1CCN(C(=O)C2CC2)CC1. The molecular formula is C18H23ClN2O2. The highest BCUT2D eigenvalue weighted by molar-refractivity contribution is 6.30. The van der Waals surface area contributed by atoms with Gasteiger partial charge in [-0.05, 0) is 49.8 Å². The summed E-state index contributed by atoms with van der Waals surface area (Å²) in [6.45, 7) is 1.55. The molecule has 4 nitrogen and oxygen atoms in total. The number of likely N-dealkylation sites (tertiary alicyclic amines) is 1. The van der Waals surface area contributed by atoms with Crippen molar-refractivity contribution in [3.05, 3.63) is 34.9 Å². The van der Waals surface area contributed by atoms with Crippen LogP contribution in [0.5, 0.6) is 0 Å². The Morgan fingerprint density at radius 3 is 2.35 bits per heavy atom. The lowest BCUT2D eigenvalue weighted by Crippen LogP contribution is -2.47. The lowest BCUT2D eigenvalue weighted by molar-refractivity contribution is -0.133. The molecule has 5 heteroatoms. The summed E-state index contributed by atoms with van der Waals surface area (Å²) in [6, 6.07) is 7.81. The Kier molecular flexibility index (Phi) is 5.21. The second-order valence-electron chi connectivity index (χ2n) is 6.57. The number of hydrogen-bond acceptors (Lipinski definition) is 2. The van der Waals surface area contributed by atoms with Gasteiger partial charge in [-0.25, -0.2) is 0 Å². The molecule has 2 aliphatic rings. The quantitative estimate of drug-likeness (QED) is 0.900. The van der Waals surface area contributed by atoms with Crippen LogP contribution in [0.15, 0.2) is 24.3 Å². The van der Waals surface area contributed by atoms with E-state index >= 15 is 0 Å². The monoisotopic (exact) mass is 334 g/mol. The molecule has 3 rings (SSSR count). The van der Waals surface area contributed by atoms with E-state index in [1.807, 2.05) is 29.2 Å². The number of aryl methyl sites for hydroxylation is 1. The van der Waals surface area contributed by atoms with Gasteiger partial charge < -0.3 is 10.2 Å². The smallest absolute Gasteiger partial charge is 0.225 e. The van der Waals surface area contributed by atoms with Crippen LogP contribution in [-0.4, -0.2) is 35.8 Å². The second kappa shape index (κ2) is 7.35. The van der Waals surface area contributed by atoms with E-state index < -0.39 is 0 Å². The fraction of sp³-hybridized carbons (Fsp3) is 0.556. The molecule has 1 aromatic carbocycles. The average molecular weight is 335 g/mol. The van der Waals surface area contributed by atoms with E-state index in [9.17, 15) is 9.59 Å². The number of rotatable bonds is 5. The van der Waals surface area contributed by atoms with Crippen LogP contribution in [0.3, 0.4) is 0 Å². The van der Waals surface area contributed by atoms with Crippen molar-refractivity contribution < 1.29 is 9.59 Å². The molecule has 0 unspecified atom stereocenters. The Morgan fingerprint density at radius 1 is 1.09 bits per heavy atom. The van der Waals surface area contributed by atoms with Crippen LogP contribution in [0.4, 0.5) is 0 Å². The van der Waals surface area contributed by atoms with Gasteiger partial charge in [-0.2, -0.15) is 0 Å². The van der Waals surface area contributed by atoms with E-state index in [0.717, 1.165) is 50.8 Å². The molecule has 0 radical (unpaired) electrons. The zero-order valence-corrected chi connectivity index (χ0v) is 14.0. The molecule has 1 aromatic rings. The number of hydrogen-bond donors (Lipinski definition) is 1. The number of nitrogens with zero attached hydrogens (tertiary/aromatic N) is 1. The van der Waals surface area contributed by atoms with Crippen LogP contribution in [0.1, 0.15) is 37.7 Å². The molecule has 124 valence electrons. The zero-order chi connectivity index (χ0) is 16.2. The Hall–Kier alpha value is -1.55. The first-order valence-corrected chi connectivity index (χ1v) is 8.82. The van der Waals surface area contributed by atoms with E-state index in [2.05, 4.69) is 5.32 Å². The summed E-state index contributed by atoms with van der Waals surface area (Å²) in [7, 11) is 0. The van der Waals surface area contributed by atoms with E-state index in [-0.39, 0.29) is 11.9 Å². The highest BCUT2D eigenvalue weighted by Gasteiger charge is 2.34. The van der Waals surface area contributed by atoms with Gasteiger partial charge in [0.05, 0.1) is 0 Å². The fourth-order valence-corrected chi connectivity index (χ4v) is 3.17. The summed E-state index contributed by atoms with van der Waals surface area (Å²) >= 11 is 5.85. The fourth-order valence-electron chi connectivity index (χ4n) is 3.04. The Morgan fingerprint density at radius 2 is 1.74 bits per heavy atom. The van der Waals surface area contributed by atoms with E-state index in [1.54, 1.807) is 0 Å². The standard InChI is InChI=1S/C18H23ClN2O2/c19-15-6-1-13(2-7-15)3-8-17(22)20-16-9-11-21(12-10-16)18(23)14-4-5-14/h1-2,6-7,14,16H,3-5,8-12H2,(H,20,22). The molecule has 1 saturated carbocycles. The number of benzene rings is 1. The number of carbonyl (C=O) groups is 2. The van der Waals surface area contributed by atoms with Crippen molar-refractivity contribution in [1.29, 1.82) is 0 Å². The molecule has 2 amide bonds. The van der Waals surface area contributed by atoms with E-state index in [1.165, 1.54) is 0 Å². The van der Waals surface area contributed by atoms with Crippen molar-refractivity contribution in [2.24, 2.45) is 5.92 Å². The second-order valence-corrected chi connectivity index (χ2v) is 7.00. The maximum Gasteiger partial charge on any atom is 0.225 e. The molecular weight excluding hydrogens is 312 g/mol. The van der Waals surface area contributed by atoms with Crippen molar-refractivity contribution in [3.8, 4) is 0 Å². The first-order chi connectivity index (χ1) is 11.1. The molecule has 2 fully saturated rings. The summed E-state index contributed by atoms with van der Waals surface area (Å²) in [5, 5.41) is 3.82. The number of nitrogens with one attached hydrogen (secondary N) is 1. The predicted molar refractivity (Wildman–Crippen MR) is 90.2 cm³/mol. The highest BCUT2D eigenvalue weighted by Crippen LogP contribution is 2.31. The summed E-state index contributed by atoms with van der Waals surface area (Å²) in [5.74, 6) is 0.699. The predicted octanol–water partition coefficient (Wildman–Crippen LogP) is 2.79. The number of halogens is 1. The summed E-state index contributed by atoms with van der Waals surface area (Å²) in [5.41, 5.74) is 1.12. The van der Waals surface area contributed by atoms with Crippen LogP contribution < -0.4 is 5.32 Å². The van der Waals surface area contributed by atoms with Gasteiger partial charge in [-0.3, -0.25) is 9.59 Å². The van der Waals surface area contributed by atoms with Crippen LogP contribution in [0.2, 0.25) is 5.02 Å². The third kappa shape index (κ3) is 4.71. The van der Waals surface area contributed by atoms with Gasteiger partial charge in [0.2, 0.25) is 11.8 Å². The van der Waals surface area contributed by atoms with Gasteiger partial charge >= 0.3 is 0 Å². The van der Waals surface area contributed by atoms with Gasteiger partial charge in [0.25, 0.3) is 0 Å². The summed E-state index contributed by atoms with van der Waals surface area (Å²) < 4.78 is 0. The minimum atomic E-state index is 0.0897. The molecule has 0 spiro atoms. The number of amides is 2. The maximum absolute atomic E-state index is 12.1. The Balaban J connectivity index is 1.37. The van der Waals surface area contributed by atoms with Crippen LogP contribution in [-0.2, 0) is 16.0 Å². The molecule has 0 atom stereocenters. The van der Waals surface area contributed by atoms with Gasteiger partial charge in [-0.15, -0.1) is 0 Å². The molecule has 0 bridgehead atoms. The lowest BCUT2D eigenvalue weighted by Gasteiger charge is -2.32. The van der Waals surface area contributed by atoms with E-state index in [4.69, 9.17) is 11.6 Å². The highest BCUT2D eigenvalue weighted by atomic mass is 35.5. The van der Waals surface area contributed by atoms with Crippen LogP contribution in [0, 0.1) is 5.92 Å². The van der Waals surface area contributed by atoms with Gasteiger partial charge in [0.15, 0.2) is 0 Å². The minimum Gasteiger partial charge on any atom is -0.353 e. The normalized spacial score (nSPS) is 18.7. The number of carbonyl (C=O) groups excluding carboxylic acids is 2. The van der Waals surface area contributed by atoms with Gasteiger partial charge in [0, 0.05) is 36.5 Å². The molecule has 23 heavy (non-hydrogen) atoms. The first kappa shape index (κ1) is 16.3. The van der Waals surface area contributed by atoms with Crippen molar-refractivity contribution in [1.82, 2.24) is 10.2 Å². The Bertz CT molecular complexity index is 561. The van der Waals surface area contributed by atoms with Crippen molar-refractivity contribution in [2.75, 3.05) is 13.1 Å². The average Bonchev–Trinajstić information content (AvgIpc) is 3.39. The molecule has 1 N–H and O–H groups in total.